The zero-order chi connectivity index (χ0) is 13.7. The van der Waals surface area contributed by atoms with Crippen LogP contribution in [0.1, 0.15) is 0 Å². The molecule has 0 unspecified atom stereocenters. The molecule has 0 aromatic rings. The van der Waals surface area contributed by atoms with Crippen LogP contribution in [0, 0.1) is 10.1 Å². The molecule has 0 atom stereocenters. The van der Waals surface area contributed by atoms with Crippen LogP contribution in [-0.4, -0.2) is 60.8 Å². The average molecular weight is 403 g/mol. The molecular weight excluding hydrogens is 385 g/mol. The van der Waals surface area contributed by atoms with Gasteiger partial charge in [-0.3, -0.25) is 10.1 Å². The number of ether oxygens (including phenoxy) is 1. The molecule has 1 aliphatic rings. The van der Waals surface area contributed by atoms with E-state index in [9.17, 15) is 14.9 Å². The molecule has 0 radical (unpaired) electrons. The van der Waals surface area contributed by atoms with E-state index in [0.29, 0.717) is 13.1 Å². The van der Waals surface area contributed by atoms with Crippen molar-refractivity contribution in [2.45, 2.75) is 0 Å². The van der Waals surface area contributed by atoms with E-state index in [-0.39, 0.29) is 47.3 Å². The minimum atomic E-state index is -0.873. The fourth-order valence-corrected chi connectivity index (χ4v) is 1.90. The maximum absolute atomic E-state index is 11.7. The predicted molar refractivity (Wildman–Crippen MR) is 69.7 cm³/mol. The van der Waals surface area contributed by atoms with Gasteiger partial charge in [-0.1, -0.05) is 0 Å². The average Bonchev–Trinajstić information content (AvgIpc) is 2.64. The van der Waals surface area contributed by atoms with Crippen LogP contribution in [0.15, 0.2) is 11.5 Å². The van der Waals surface area contributed by atoms with Crippen molar-refractivity contribution < 1.29 is 38.4 Å². The molecule has 1 saturated heterocycles. The molecule has 0 bridgehead atoms. The fourth-order valence-electron chi connectivity index (χ4n) is 1.48. The van der Waals surface area contributed by atoms with Crippen LogP contribution in [0.25, 0.3) is 0 Å². The van der Waals surface area contributed by atoms with Gasteiger partial charge in [0.25, 0.3) is 0 Å². The third kappa shape index (κ3) is 5.43. The molecule has 0 aliphatic carbocycles. The Labute approximate surface area is 132 Å². The number of nitro groups is 1. The number of esters is 1. The molecule has 1 fully saturated rings. The van der Waals surface area contributed by atoms with Gasteiger partial charge in [-0.2, -0.15) is 0 Å². The lowest BCUT2D eigenvalue weighted by atomic mass is 10.4. The van der Waals surface area contributed by atoms with E-state index < -0.39 is 16.6 Å². The number of rotatable bonds is 5. The highest BCUT2D eigenvalue weighted by Gasteiger charge is 2.33. The van der Waals surface area contributed by atoms with Crippen LogP contribution in [0.3, 0.4) is 0 Å². The van der Waals surface area contributed by atoms with E-state index in [0.717, 1.165) is 5.75 Å². The second kappa shape index (κ2) is 8.46. The first-order valence-electron chi connectivity index (χ1n) is 5.48. The van der Waals surface area contributed by atoms with E-state index in [1.54, 1.807) is 11.9 Å². The minimum absolute atomic E-state index is 0. The van der Waals surface area contributed by atoms with Crippen LogP contribution in [-0.2, 0) is 20.4 Å². The van der Waals surface area contributed by atoms with Gasteiger partial charge in [0.15, 0.2) is 5.82 Å². The molecule has 1 rings (SSSR count). The van der Waals surface area contributed by atoms with Gasteiger partial charge in [-0.05, 0) is 10.9 Å². The van der Waals surface area contributed by atoms with E-state index in [1.807, 2.05) is 12.5 Å². The monoisotopic (exact) mass is 403 g/mol. The summed E-state index contributed by atoms with van der Waals surface area (Å²) in [4.78, 5) is 23.6. The van der Waals surface area contributed by atoms with Gasteiger partial charge in [0.1, 0.15) is 12.4 Å². The highest BCUT2D eigenvalue weighted by Crippen LogP contribution is 2.12. The Morgan fingerprint density at radius 2 is 2.21 bits per heavy atom. The van der Waals surface area contributed by atoms with E-state index in [1.165, 1.54) is 0 Å². The Hall–Kier alpha value is -0.710. The maximum atomic E-state index is 11.7. The van der Waals surface area contributed by atoms with Crippen LogP contribution < -0.4 is 29.3 Å². The number of halogens is 1. The number of hydrogen-bond acceptors (Lipinski definition) is 6. The van der Waals surface area contributed by atoms with Gasteiger partial charge in [-0.15, -0.1) is 0 Å². The SMILES string of the molecule is CN1CCNC1=C(C(=O)OCC[S+](C)C)[N+](=O)[O-].[I-]. The largest absolute Gasteiger partial charge is 1.00 e. The van der Waals surface area contributed by atoms with Crippen molar-refractivity contribution in [3.8, 4) is 0 Å². The quantitative estimate of drug-likeness (QED) is 0.128. The summed E-state index contributed by atoms with van der Waals surface area (Å²) in [5.74, 6) is 0.0775. The Morgan fingerprint density at radius 1 is 1.58 bits per heavy atom. The van der Waals surface area contributed by atoms with Crippen LogP contribution in [0.2, 0.25) is 0 Å². The third-order valence-electron chi connectivity index (χ3n) is 2.45. The van der Waals surface area contributed by atoms with Crippen molar-refractivity contribution in [3.63, 3.8) is 0 Å². The van der Waals surface area contributed by atoms with Gasteiger partial charge in [0, 0.05) is 20.1 Å². The van der Waals surface area contributed by atoms with Crippen molar-refractivity contribution >= 4 is 16.9 Å². The molecule has 0 saturated carbocycles. The molecule has 1 N–H and O–H groups in total. The minimum Gasteiger partial charge on any atom is -1.00 e. The summed E-state index contributed by atoms with van der Waals surface area (Å²) in [6.07, 6.45) is 4.04. The topological polar surface area (TPSA) is 84.7 Å². The predicted octanol–water partition coefficient (Wildman–Crippen LogP) is -3.61. The van der Waals surface area contributed by atoms with Crippen molar-refractivity contribution in [1.82, 2.24) is 10.2 Å². The van der Waals surface area contributed by atoms with Crippen LogP contribution in [0.5, 0.6) is 0 Å². The maximum Gasteiger partial charge on any atom is 0.414 e. The van der Waals surface area contributed by atoms with Crippen molar-refractivity contribution in [1.29, 1.82) is 0 Å². The normalized spacial score (nSPS) is 16.7. The first-order valence-corrected chi connectivity index (χ1v) is 7.69. The van der Waals surface area contributed by atoms with Gasteiger partial charge >= 0.3 is 11.7 Å². The molecule has 19 heavy (non-hydrogen) atoms. The molecule has 0 aromatic heterocycles. The van der Waals surface area contributed by atoms with Gasteiger partial charge in [-0.25, -0.2) is 4.79 Å². The number of likely N-dealkylation sites (N-methyl/N-ethyl adjacent to an activating group) is 1. The zero-order valence-corrected chi connectivity index (χ0v) is 14.1. The summed E-state index contributed by atoms with van der Waals surface area (Å²) in [7, 11) is 1.84. The summed E-state index contributed by atoms with van der Waals surface area (Å²) in [6.45, 7) is 1.43. The number of nitrogens with zero attached hydrogens (tertiary/aromatic N) is 2. The van der Waals surface area contributed by atoms with E-state index in [2.05, 4.69) is 5.32 Å². The van der Waals surface area contributed by atoms with Crippen molar-refractivity contribution in [2.75, 3.05) is 45.0 Å². The Bertz CT molecular complexity index is 376. The van der Waals surface area contributed by atoms with Gasteiger partial charge < -0.3 is 38.9 Å². The summed E-state index contributed by atoms with van der Waals surface area (Å²) in [5.41, 5.74) is -0.512. The number of carbonyl (C=O) groups is 1. The molecular formula is C10H18IN3O4S. The Kier molecular flexibility index (Phi) is 8.14. The standard InChI is InChI=1S/C10H17N3O4S.HI/c1-12-5-4-11-9(12)8(13(15)16)10(14)17-6-7-18(2)3;/h4-7H2,1-3H3;1H. The molecule has 7 nitrogen and oxygen atoms in total. The van der Waals surface area contributed by atoms with Crippen LogP contribution in [0.4, 0.5) is 0 Å². The zero-order valence-electron chi connectivity index (χ0n) is 11.1. The van der Waals surface area contributed by atoms with Crippen molar-refractivity contribution in [3.05, 3.63) is 21.6 Å². The number of nitrogens with one attached hydrogen (secondary N) is 1. The van der Waals surface area contributed by atoms with Gasteiger partial charge in [0.2, 0.25) is 0 Å². The lowest BCUT2D eigenvalue weighted by Crippen LogP contribution is -3.00. The lowest BCUT2D eigenvalue weighted by Gasteiger charge is -2.11. The highest BCUT2D eigenvalue weighted by atomic mass is 127. The van der Waals surface area contributed by atoms with Crippen molar-refractivity contribution in [2.24, 2.45) is 0 Å². The van der Waals surface area contributed by atoms with E-state index >= 15 is 0 Å². The number of hydrogen-bond donors (Lipinski definition) is 1. The molecule has 1 heterocycles. The molecule has 9 heteroatoms. The van der Waals surface area contributed by atoms with Gasteiger partial charge in [0.05, 0.1) is 17.4 Å². The second-order valence-electron chi connectivity index (χ2n) is 4.13. The lowest BCUT2D eigenvalue weighted by molar-refractivity contribution is -0.423. The Balaban J connectivity index is 0.00000324. The smallest absolute Gasteiger partial charge is 0.414 e. The summed E-state index contributed by atoms with van der Waals surface area (Å²) < 4.78 is 4.94. The summed E-state index contributed by atoms with van der Waals surface area (Å²) in [5, 5.41) is 13.8. The third-order valence-corrected chi connectivity index (χ3v) is 3.43. The molecule has 0 amide bonds. The highest BCUT2D eigenvalue weighted by molar-refractivity contribution is 7.95. The molecule has 1 aliphatic heterocycles. The number of carbonyl (C=O) groups excluding carboxylic acids is 1. The first kappa shape index (κ1) is 18.3. The molecule has 0 spiro atoms. The summed E-state index contributed by atoms with van der Waals surface area (Å²) in [6, 6.07) is 0. The molecule has 110 valence electrons. The first-order chi connectivity index (χ1) is 8.43. The summed E-state index contributed by atoms with van der Waals surface area (Å²) >= 11 is 0. The van der Waals surface area contributed by atoms with Crippen LogP contribution >= 0.6 is 0 Å². The van der Waals surface area contributed by atoms with E-state index in [4.69, 9.17) is 4.74 Å². The molecule has 0 aromatic carbocycles. The Morgan fingerprint density at radius 3 is 2.63 bits per heavy atom. The second-order valence-corrected chi connectivity index (χ2v) is 6.51. The fraction of sp³-hybridized carbons (Fsp3) is 0.700.